The van der Waals surface area contributed by atoms with Crippen LogP contribution in [0.25, 0.3) is 10.9 Å². The molecule has 0 saturated heterocycles. The zero-order chi connectivity index (χ0) is 10.8. The first-order chi connectivity index (χ1) is 7.20. The molecule has 0 aliphatic heterocycles. The molecular weight excluding hydrogens is 208 g/mol. The molecule has 1 heterocycles. The second kappa shape index (κ2) is 3.88. The molecular formula is C12H9ClN2. The fourth-order valence-electron chi connectivity index (χ4n) is 1.61. The molecule has 0 aliphatic carbocycles. The molecule has 0 amide bonds. The highest BCUT2D eigenvalue weighted by Crippen LogP contribution is 2.21. The van der Waals surface area contributed by atoms with Gasteiger partial charge in [0.15, 0.2) is 0 Å². The average Bonchev–Trinajstić information content (AvgIpc) is 2.20. The smallest absolute Gasteiger partial charge is 0.0775 e. The fraction of sp³-hybridized carbons (Fsp3) is 0.167. The molecule has 0 bridgehead atoms. The number of nitriles is 1. The van der Waals surface area contributed by atoms with E-state index < -0.39 is 0 Å². The van der Waals surface area contributed by atoms with E-state index in [2.05, 4.69) is 11.1 Å². The molecule has 74 valence electrons. The number of hydrogen-bond donors (Lipinski definition) is 0. The summed E-state index contributed by atoms with van der Waals surface area (Å²) in [7, 11) is 0. The van der Waals surface area contributed by atoms with E-state index in [0.29, 0.717) is 11.4 Å². The quantitative estimate of drug-likeness (QED) is 0.734. The van der Waals surface area contributed by atoms with Gasteiger partial charge in [0.2, 0.25) is 0 Å². The van der Waals surface area contributed by atoms with Crippen molar-refractivity contribution in [3.8, 4) is 6.07 Å². The Morgan fingerprint density at radius 3 is 2.93 bits per heavy atom. The number of nitrogens with zero attached hydrogens (tertiary/aromatic N) is 2. The topological polar surface area (TPSA) is 36.7 Å². The van der Waals surface area contributed by atoms with Crippen LogP contribution in [0.1, 0.15) is 11.3 Å². The fourth-order valence-corrected chi connectivity index (χ4v) is 1.78. The van der Waals surface area contributed by atoms with Crippen molar-refractivity contribution in [3.63, 3.8) is 0 Å². The number of pyridine rings is 1. The van der Waals surface area contributed by atoms with Crippen LogP contribution in [0.4, 0.5) is 0 Å². The predicted molar refractivity (Wildman–Crippen MR) is 60.8 cm³/mol. The predicted octanol–water partition coefficient (Wildman–Crippen LogP) is 3.26. The molecule has 0 atom stereocenters. The molecule has 2 aromatic rings. The number of rotatable bonds is 1. The molecule has 0 aliphatic rings. The lowest BCUT2D eigenvalue weighted by Crippen LogP contribution is -1.91. The summed E-state index contributed by atoms with van der Waals surface area (Å²) in [5.74, 6) is 0. The lowest BCUT2D eigenvalue weighted by molar-refractivity contribution is 1.14. The van der Waals surface area contributed by atoms with Crippen LogP contribution >= 0.6 is 11.6 Å². The van der Waals surface area contributed by atoms with Crippen molar-refractivity contribution in [2.24, 2.45) is 0 Å². The highest BCUT2D eigenvalue weighted by Gasteiger charge is 2.02. The van der Waals surface area contributed by atoms with E-state index in [-0.39, 0.29) is 0 Å². The van der Waals surface area contributed by atoms with Gasteiger partial charge in [-0.2, -0.15) is 5.26 Å². The summed E-state index contributed by atoms with van der Waals surface area (Å²) in [6.07, 6.45) is 0.347. The van der Waals surface area contributed by atoms with Gasteiger partial charge in [-0.3, -0.25) is 4.98 Å². The monoisotopic (exact) mass is 216 g/mol. The van der Waals surface area contributed by atoms with Crippen LogP contribution < -0.4 is 0 Å². The number of fused-ring (bicyclic) bond motifs is 1. The van der Waals surface area contributed by atoms with Gasteiger partial charge in [0.1, 0.15) is 0 Å². The third-order valence-electron chi connectivity index (χ3n) is 2.29. The van der Waals surface area contributed by atoms with Crippen molar-refractivity contribution in [3.05, 3.63) is 40.5 Å². The Morgan fingerprint density at radius 1 is 1.40 bits per heavy atom. The third kappa shape index (κ3) is 1.93. The van der Waals surface area contributed by atoms with Crippen LogP contribution in [0, 0.1) is 18.3 Å². The molecule has 2 rings (SSSR count). The molecule has 2 nitrogen and oxygen atoms in total. The van der Waals surface area contributed by atoms with Gasteiger partial charge >= 0.3 is 0 Å². The molecule has 3 heteroatoms. The van der Waals surface area contributed by atoms with E-state index in [9.17, 15) is 0 Å². The first-order valence-corrected chi connectivity index (χ1v) is 5.01. The zero-order valence-corrected chi connectivity index (χ0v) is 9.04. The second-order valence-electron chi connectivity index (χ2n) is 3.43. The first-order valence-electron chi connectivity index (χ1n) is 4.63. The van der Waals surface area contributed by atoms with E-state index in [4.69, 9.17) is 16.9 Å². The molecule has 0 saturated carbocycles. The Morgan fingerprint density at radius 2 is 2.20 bits per heavy atom. The molecule has 0 unspecified atom stereocenters. The number of hydrogen-bond acceptors (Lipinski definition) is 2. The lowest BCUT2D eigenvalue weighted by Gasteiger charge is -2.04. The van der Waals surface area contributed by atoms with Crippen LogP contribution in [0.5, 0.6) is 0 Å². The Bertz CT molecular complexity index is 555. The van der Waals surface area contributed by atoms with Crippen LogP contribution in [0.2, 0.25) is 5.02 Å². The van der Waals surface area contributed by atoms with Crippen molar-refractivity contribution < 1.29 is 0 Å². The number of aryl methyl sites for hydroxylation is 1. The minimum atomic E-state index is 0.347. The van der Waals surface area contributed by atoms with Crippen LogP contribution in [-0.2, 0) is 6.42 Å². The van der Waals surface area contributed by atoms with Crippen LogP contribution in [0.3, 0.4) is 0 Å². The molecule has 0 N–H and O–H groups in total. The van der Waals surface area contributed by atoms with Gasteiger partial charge in [0.05, 0.1) is 23.7 Å². The first kappa shape index (κ1) is 9.95. The maximum Gasteiger partial charge on any atom is 0.0775 e. The van der Waals surface area contributed by atoms with Crippen molar-refractivity contribution in [1.82, 2.24) is 4.98 Å². The number of benzene rings is 1. The van der Waals surface area contributed by atoms with Crippen molar-refractivity contribution >= 4 is 22.5 Å². The van der Waals surface area contributed by atoms with Crippen molar-refractivity contribution in [2.45, 2.75) is 13.3 Å². The van der Waals surface area contributed by atoms with Crippen LogP contribution in [-0.4, -0.2) is 4.98 Å². The lowest BCUT2D eigenvalue weighted by atomic mass is 10.1. The van der Waals surface area contributed by atoms with Gasteiger partial charge in [-0.05, 0) is 36.8 Å². The summed E-state index contributed by atoms with van der Waals surface area (Å²) in [6.45, 7) is 2.00. The summed E-state index contributed by atoms with van der Waals surface area (Å²) in [6, 6.07) is 9.62. The number of halogens is 1. The maximum absolute atomic E-state index is 8.62. The van der Waals surface area contributed by atoms with E-state index >= 15 is 0 Å². The molecule has 0 radical (unpaired) electrons. The Hall–Kier alpha value is -1.59. The van der Waals surface area contributed by atoms with Gasteiger partial charge in [0.25, 0.3) is 0 Å². The van der Waals surface area contributed by atoms with Crippen LogP contribution in [0.15, 0.2) is 24.3 Å². The van der Waals surface area contributed by atoms with E-state index in [1.807, 2.05) is 31.2 Å². The minimum Gasteiger partial charge on any atom is -0.252 e. The largest absolute Gasteiger partial charge is 0.252 e. The summed E-state index contributed by atoms with van der Waals surface area (Å²) >= 11 is 5.91. The summed E-state index contributed by atoms with van der Waals surface area (Å²) in [5, 5.41) is 10.4. The van der Waals surface area contributed by atoms with E-state index in [1.165, 1.54) is 0 Å². The van der Waals surface area contributed by atoms with Gasteiger partial charge in [0, 0.05) is 10.4 Å². The Balaban J connectivity index is 2.68. The Kier molecular flexibility index (Phi) is 2.57. The van der Waals surface area contributed by atoms with E-state index in [0.717, 1.165) is 22.2 Å². The van der Waals surface area contributed by atoms with Gasteiger partial charge in [-0.25, -0.2) is 0 Å². The molecule has 1 aromatic heterocycles. The highest BCUT2D eigenvalue weighted by molar-refractivity contribution is 6.31. The van der Waals surface area contributed by atoms with Crippen molar-refractivity contribution in [2.75, 3.05) is 0 Å². The second-order valence-corrected chi connectivity index (χ2v) is 3.86. The average molecular weight is 217 g/mol. The maximum atomic E-state index is 8.62. The van der Waals surface area contributed by atoms with Crippen molar-refractivity contribution in [1.29, 1.82) is 5.26 Å². The molecule has 0 fully saturated rings. The summed E-state index contributed by atoms with van der Waals surface area (Å²) in [5.41, 5.74) is 2.81. The third-order valence-corrected chi connectivity index (χ3v) is 2.53. The number of aromatic nitrogens is 1. The molecule has 15 heavy (non-hydrogen) atoms. The van der Waals surface area contributed by atoms with Gasteiger partial charge < -0.3 is 0 Å². The summed E-state index contributed by atoms with van der Waals surface area (Å²) < 4.78 is 0. The van der Waals surface area contributed by atoms with Gasteiger partial charge in [-0.15, -0.1) is 0 Å². The molecule has 0 spiro atoms. The normalized spacial score (nSPS) is 10.2. The summed E-state index contributed by atoms with van der Waals surface area (Å²) in [4.78, 5) is 4.39. The minimum absolute atomic E-state index is 0.347. The SMILES string of the molecule is Cc1cc(CC#N)nc2ccc(Cl)cc12. The highest BCUT2D eigenvalue weighted by atomic mass is 35.5. The van der Waals surface area contributed by atoms with Gasteiger partial charge in [-0.1, -0.05) is 11.6 Å². The van der Waals surface area contributed by atoms with E-state index in [1.54, 1.807) is 0 Å². The standard InChI is InChI=1S/C12H9ClN2/c1-8-6-10(4-5-14)15-12-3-2-9(13)7-11(8)12/h2-3,6-7H,4H2,1H3. The Labute approximate surface area is 93.1 Å². The zero-order valence-electron chi connectivity index (χ0n) is 8.29. The molecule has 1 aromatic carbocycles.